The van der Waals surface area contributed by atoms with Crippen LogP contribution in [0.4, 0.5) is 4.79 Å². The van der Waals surface area contributed by atoms with Gasteiger partial charge in [0, 0.05) is 14.1 Å². The van der Waals surface area contributed by atoms with Crippen molar-refractivity contribution in [1.29, 1.82) is 0 Å². The number of nitrogens with one attached hydrogen (secondary N) is 1. The monoisotopic (exact) mass is 278 g/mol. The van der Waals surface area contributed by atoms with Gasteiger partial charge in [-0.25, -0.2) is 4.79 Å². The van der Waals surface area contributed by atoms with Crippen molar-refractivity contribution in [2.45, 2.75) is 6.04 Å². The summed E-state index contributed by atoms with van der Waals surface area (Å²) in [6.07, 6.45) is 0. The van der Waals surface area contributed by atoms with Crippen LogP contribution in [-0.4, -0.2) is 31.1 Å². The van der Waals surface area contributed by atoms with E-state index in [1.165, 1.54) is 22.3 Å². The Hall–Kier alpha value is -2.55. The molecular weight excluding hydrogens is 260 g/mol. The Morgan fingerprint density at radius 2 is 1.29 bits per heavy atom. The molecule has 0 atom stereocenters. The highest BCUT2D eigenvalue weighted by atomic mass is 16.2. The summed E-state index contributed by atoms with van der Waals surface area (Å²) in [5, 5.41) is 3.06. The first-order valence-electron chi connectivity index (χ1n) is 7.01. The van der Waals surface area contributed by atoms with Gasteiger partial charge in [0.05, 0.1) is 6.04 Å². The van der Waals surface area contributed by atoms with E-state index in [0.29, 0.717) is 0 Å². The van der Waals surface area contributed by atoms with Crippen molar-refractivity contribution >= 4 is 17.2 Å². The minimum Gasteiger partial charge on any atom is -0.331 e. The molecule has 0 radical (unpaired) electrons. The van der Waals surface area contributed by atoms with E-state index < -0.39 is 0 Å². The maximum atomic E-state index is 11.9. The number of benzene rings is 2. The largest absolute Gasteiger partial charge is 0.331 e. The van der Waals surface area contributed by atoms with Gasteiger partial charge in [0.25, 0.3) is 0 Å². The summed E-state index contributed by atoms with van der Waals surface area (Å²) in [7, 11) is 3.50. The Morgan fingerprint density at radius 1 is 0.857 bits per heavy atom. The number of carbonyl (C=O) groups is 1. The molecule has 0 aliphatic heterocycles. The van der Waals surface area contributed by atoms with Crippen LogP contribution in [0.1, 0.15) is 11.1 Å². The lowest BCUT2D eigenvalue weighted by molar-refractivity contribution is 0.218. The molecular formula is C18H18N2O. The summed E-state index contributed by atoms with van der Waals surface area (Å²) >= 11 is 0. The fraction of sp³-hybridized carbons (Fsp3) is 0.167. The molecule has 1 N–H and O–H groups in total. The van der Waals surface area contributed by atoms with Crippen molar-refractivity contribution in [3.05, 3.63) is 71.8 Å². The van der Waals surface area contributed by atoms with Gasteiger partial charge in [0.1, 0.15) is 0 Å². The van der Waals surface area contributed by atoms with E-state index in [9.17, 15) is 4.79 Å². The summed E-state index contributed by atoms with van der Waals surface area (Å²) in [5.74, 6) is 0. The summed E-state index contributed by atoms with van der Waals surface area (Å²) < 4.78 is 0. The first kappa shape index (κ1) is 13.4. The average molecular weight is 278 g/mol. The summed E-state index contributed by atoms with van der Waals surface area (Å²) in [5.41, 5.74) is 4.75. The first-order chi connectivity index (χ1) is 10.2. The van der Waals surface area contributed by atoms with Crippen LogP contribution >= 0.6 is 0 Å². The lowest BCUT2D eigenvalue weighted by Crippen LogP contribution is -2.37. The predicted octanol–water partition coefficient (Wildman–Crippen LogP) is 3.25. The van der Waals surface area contributed by atoms with Gasteiger partial charge in [-0.05, 0) is 22.3 Å². The molecule has 0 unspecified atom stereocenters. The third-order valence-electron chi connectivity index (χ3n) is 3.63. The second-order valence-corrected chi connectivity index (χ2v) is 5.34. The zero-order chi connectivity index (χ0) is 14.8. The van der Waals surface area contributed by atoms with Gasteiger partial charge in [-0.2, -0.15) is 0 Å². The predicted molar refractivity (Wildman–Crippen MR) is 85.7 cm³/mol. The number of nitrogens with zero attached hydrogens (tertiary/aromatic N) is 1. The maximum absolute atomic E-state index is 11.9. The highest BCUT2D eigenvalue weighted by Gasteiger charge is 2.39. The van der Waals surface area contributed by atoms with Crippen molar-refractivity contribution < 1.29 is 4.79 Å². The molecule has 3 rings (SSSR count). The maximum Gasteiger partial charge on any atom is 0.317 e. The van der Waals surface area contributed by atoms with E-state index >= 15 is 0 Å². The van der Waals surface area contributed by atoms with Crippen molar-refractivity contribution in [2.24, 2.45) is 0 Å². The van der Waals surface area contributed by atoms with E-state index in [-0.39, 0.29) is 12.1 Å². The molecule has 0 spiro atoms. The topological polar surface area (TPSA) is 32.3 Å². The van der Waals surface area contributed by atoms with Crippen molar-refractivity contribution in [3.8, 4) is 0 Å². The molecule has 1 aliphatic carbocycles. The van der Waals surface area contributed by atoms with E-state index in [2.05, 4.69) is 29.6 Å². The minimum atomic E-state index is -0.0700. The van der Waals surface area contributed by atoms with Gasteiger partial charge in [-0.3, -0.25) is 0 Å². The number of carbonyl (C=O) groups excluding carboxylic acids is 1. The summed E-state index contributed by atoms with van der Waals surface area (Å²) in [6, 6.07) is 20.4. The summed E-state index contributed by atoms with van der Waals surface area (Å²) in [4.78, 5) is 13.5. The Balaban J connectivity index is 1.91. The van der Waals surface area contributed by atoms with Crippen LogP contribution in [0.15, 0.2) is 60.7 Å². The lowest BCUT2D eigenvalue weighted by Gasteiger charge is -2.13. The Morgan fingerprint density at radius 3 is 1.67 bits per heavy atom. The molecule has 2 aromatic carbocycles. The van der Waals surface area contributed by atoms with Crippen molar-refractivity contribution in [3.63, 3.8) is 0 Å². The molecule has 0 aromatic heterocycles. The third-order valence-corrected chi connectivity index (χ3v) is 3.63. The molecule has 1 aliphatic rings. The molecule has 0 fully saturated rings. The Bertz CT molecular complexity index is 625. The number of rotatable bonds is 3. The highest BCUT2D eigenvalue weighted by molar-refractivity contribution is 6.15. The van der Waals surface area contributed by atoms with Gasteiger partial charge < -0.3 is 10.2 Å². The van der Waals surface area contributed by atoms with Crippen LogP contribution in [0.2, 0.25) is 0 Å². The number of hydrogen-bond acceptors (Lipinski definition) is 1. The van der Waals surface area contributed by atoms with Crippen LogP contribution in [0, 0.1) is 0 Å². The summed E-state index contributed by atoms with van der Waals surface area (Å²) in [6.45, 7) is 0. The van der Waals surface area contributed by atoms with Gasteiger partial charge in [0.15, 0.2) is 0 Å². The van der Waals surface area contributed by atoms with E-state index in [0.717, 1.165) is 0 Å². The zero-order valence-corrected chi connectivity index (χ0v) is 12.2. The Labute approximate surface area is 124 Å². The molecule has 0 bridgehead atoms. The molecule has 0 heterocycles. The molecule has 0 saturated heterocycles. The van der Waals surface area contributed by atoms with Crippen LogP contribution < -0.4 is 5.32 Å². The van der Waals surface area contributed by atoms with Crippen LogP contribution in [0.3, 0.4) is 0 Å². The van der Waals surface area contributed by atoms with Gasteiger partial charge in [0.2, 0.25) is 0 Å². The number of hydrogen-bond donors (Lipinski definition) is 1. The minimum absolute atomic E-state index is 0.00435. The molecule has 3 nitrogen and oxygen atoms in total. The van der Waals surface area contributed by atoms with Crippen molar-refractivity contribution in [2.75, 3.05) is 14.1 Å². The van der Waals surface area contributed by atoms with E-state index in [4.69, 9.17) is 0 Å². The second-order valence-electron chi connectivity index (χ2n) is 5.34. The van der Waals surface area contributed by atoms with Gasteiger partial charge >= 0.3 is 6.03 Å². The van der Waals surface area contributed by atoms with Gasteiger partial charge in [-0.1, -0.05) is 60.7 Å². The SMILES string of the molecule is CN(C)C(=O)NC1C(c2ccccc2)=C1c1ccccc1. The van der Waals surface area contributed by atoms with Crippen molar-refractivity contribution in [1.82, 2.24) is 10.2 Å². The average Bonchev–Trinajstić information content (AvgIpc) is 3.22. The quantitative estimate of drug-likeness (QED) is 0.918. The fourth-order valence-electron chi connectivity index (χ4n) is 2.50. The normalized spacial score (nSPS) is 14.0. The zero-order valence-electron chi connectivity index (χ0n) is 12.2. The number of urea groups is 1. The second kappa shape index (κ2) is 5.44. The molecule has 21 heavy (non-hydrogen) atoms. The first-order valence-corrected chi connectivity index (χ1v) is 7.01. The van der Waals surface area contributed by atoms with Crippen LogP contribution in [-0.2, 0) is 0 Å². The molecule has 106 valence electrons. The highest BCUT2D eigenvalue weighted by Crippen LogP contribution is 2.47. The third kappa shape index (κ3) is 2.68. The molecule has 2 aromatic rings. The van der Waals surface area contributed by atoms with E-state index in [1.54, 1.807) is 19.0 Å². The molecule has 0 saturated carbocycles. The number of amides is 2. The van der Waals surface area contributed by atoms with Crippen LogP contribution in [0.5, 0.6) is 0 Å². The fourth-order valence-corrected chi connectivity index (χ4v) is 2.50. The lowest BCUT2D eigenvalue weighted by atomic mass is 10.1. The molecule has 2 amide bonds. The van der Waals surface area contributed by atoms with E-state index in [1.807, 2.05) is 36.4 Å². The Kier molecular flexibility index (Phi) is 3.48. The standard InChI is InChI=1S/C18H18N2O/c1-20(2)18(21)19-17-15(13-9-5-3-6-10-13)16(17)14-11-7-4-8-12-14/h3-12,17H,1-2H3,(H,19,21). The van der Waals surface area contributed by atoms with Gasteiger partial charge in [-0.15, -0.1) is 0 Å². The van der Waals surface area contributed by atoms with Crippen LogP contribution in [0.25, 0.3) is 11.1 Å². The smallest absolute Gasteiger partial charge is 0.317 e. The molecule has 3 heteroatoms.